The van der Waals surface area contributed by atoms with Gasteiger partial charge in [0.25, 0.3) is 0 Å². The van der Waals surface area contributed by atoms with E-state index in [2.05, 4.69) is 15.9 Å². The molecule has 0 amide bonds. The minimum absolute atomic E-state index is 0. The summed E-state index contributed by atoms with van der Waals surface area (Å²) >= 11 is 3.26. The fourth-order valence-electron chi connectivity index (χ4n) is 1.04. The zero-order chi connectivity index (χ0) is 10.7. The molecule has 1 unspecified atom stereocenters. The SMILES string of the molecule is Cl.Cl.Nc1ccc(CC(N)C(=O)O)cc1Br. The molecule has 1 aromatic rings. The molecule has 0 saturated heterocycles. The Morgan fingerprint density at radius 1 is 1.44 bits per heavy atom. The molecular formula is C9H13BrCl2N2O2. The van der Waals surface area contributed by atoms with E-state index >= 15 is 0 Å². The van der Waals surface area contributed by atoms with Crippen molar-refractivity contribution in [2.45, 2.75) is 12.5 Å². The van der Waals surface area contributed by atoms with Crippen molar-refractivity contribution in [3.05, 3.63) is 28.2 Å². The van der Waals surface area contributed by atoms with Gasteiger partial charge in [0.1, 0.15) is 6.04 Å². The number of rotatable bonds is 3. The lowest BCUT2D eigenvalue weighted by atomic mass is 10.1. The summed E-state index contributed by atoms with van der Waals surface area (Å²) in [5, 5.41) is 8.61. The van der Waals surface area contributed by atoms with Crippen LogP contribution in [0.5, 0.6) is 0 Å². The minimum atomic E-state index is -1.00. The van der Waals surface area contributed by atoms with Gasteiger partial charge in [-0.1, -0.05) is 6.07 Å². The van der Waals surface area contributed by atoms with Gasteiger partial charge in [-0.05, 0) is 40.0 Å². The molecule has 0 aliphatic carbocycles. The molecule has 1 rings (SSSR count). The van der Waals surface area contributed by atoms with Crippen LogP contribution in [-0.2, 0) is 11.2 Å². The minimum Gasteiger partial charge on any atom is -0.480 e. The van der Waals surface area contributed by atoms with Crippen molar-refractivity contribution in [2.75, 3.05) is 5.73 Å². The monoisotopic (exact) mass is 330 g/mol. The molecule has 5 N–H and O–H groups in total. The lowest BCUT2D eigenvalue weighted by Crippen LogP contribution is -2.32. The molecule has 0 bridgehead atoms. The van der Waals surface area contributed by atoms with Gasteiger partial charge in [0, 0.05) is 10.2 Å². The fourth-order valence-corrected chi connectivity index (χ4v) is 1.47. The molecule has 92 valence electrons. The van der Waals surface area contributed by atoms with Gasteiger partial charge < -0.3 is 16.6 Å². The van der Waals surface area contributed by atoms with Gasteiger partial charge in [0.2, 0.25) is 0 Å². The quantitative estimate of drug-likeness (QED) is 0.737. The van der Waals surface area contributed by atoms with Crippen LogP contribution in [-0.4, -0.2) is 17.1 Å². The number of anilines is 1. The van der Waals surface area contributed by atoms with E-state index in [9.17, 15) is 4.79 Å². The van der Waals surface area contributed by atoms with Crippen molar-refractivity contribution in [3.63, 3.8) is 0 Å². The predicted octanol–water partition coefficient (Wildman–Crippen LogP) is 1.83. The molecule has 1 aromatic carbocycles. The van der Waals surface area contributed by atoms with E-state index < -0.39 is 12.0 Å². The van der Waals surface area contributed by atoms with Crippen molar-refractivity contribution in [3.8, 4) is 0 Å². The Hall–Kier alpha value is -0.490. The summed E-state index contributed by atoms with van der Waals surface area (Å²) < 4.78 is 0.757. The van der Waals surface area contributed by atoms with Crippen LogP contribution in [0.1, 0.15) is 5.56 Å². The standard InChI is InChI=1S/C9H11BrN2O2.2ClH/c10-6-3-5(1-2-7(6)11)4-8(12)9(13)14;;/h1-3,8H,4,11-12H2,(H,13,14);2*1H. The molecule has 0 spiro atoms. The third kappa shape index (κ3) is 5.03. The average Bonchev–Trinajstić information content (AvgIpc) is 2.11. The van der Waals surface area contributed by atoms with E-state index in [0.717, 1.165) is 10.0 Å². The first-order valence-electron chi connectivity index (χ1n) is 4.03. The Morgan fingerprint density at radius 3 is 2.44 bits per heavy atom. The highest BCUT2D eigenvalue weighted by Gasteiger charge is 2.12. The summed E-state index contributed by atoms with van der Waals surface area (Å²) in [5.74, 6) is -1.00. The molecule has 0 aliphatic rings. The van der Waals surface area contributed by atoms with Crippen molar-refractivity contribution in [2.24, 2.45) is 5.73 Å². The van der Waals surface area contributed by atoms with Gasteiger partial charge in [-0.15, -0.1) is 24.8 Å². The van der Waals surface area contributed by atoms with Crippen molar-refractivity contribution in [1.82, 2.24) is 0 Å². The van der Waals surface area contributed by atoms with Crippen LogP contribution in [0, 0.1) is 0 Å². The molecular weight excluding hydrogens is 319 g/mol. The highest BCUT2D eigenvalue weighted by atomic mass is 79.9. The fraction of sp³-hybridized carbons (Fsp3) is 0.222. The van der Waals surface area contributed by atoms with Gasteiger partial charge >= 0.3 is 5.97 Å². The molecule has 0 fully saturated rings. The summed E-state index contributed by atoms with van der Waals surface area (Å²) in [6.45, 7) is 0. The van der Waals surface area contributed by atoms with E-state index in [1.54, 1.807) is 18.2 Å². The molecule has 0 aliphatic heterocycles. The van der Waals surface area contributed by atoms with Crippen LogP contribution in [0.2, 0.25) is 0 Å². The summed E-state index contributed by atoms with van der Waals surface area (Å²) in [5.41, 5.74) is 12.4. The second kappa shape index (κ2) is 7.73. The Morgan fingerprint density at radius 2 is 2.00 bits per heavy atom. The second-order valence-corrected chi connectivity index (χ2v) is 3.86. The first-order valence-corrected chi connectivity index (χ1v) is 4.82. The number of carboxylic acids is 1. The number of nitrogens with two attached hydrogens (primary N) is 2. The Bertz CT molecular complexity index is 363. The van der Waals surface area contributed by atoms with Crippen LogP contribution in [0.4, 0.5) is 5.69 Å². The molecule has 7 heteroatoms. The maximum Gasteiger partial charge on any atom is 0.320 e. The number of carboxylic acid groups (broad SMARTS) is 1. The van der Waals surface area contributed by atoms with Crippen LogP contribution >= 0.6 is 40.7 Å². The Balaban J connectivity index is 0. The molecule has 0 aromatic heterocycles. The summed E-state index contributed by atoms with van der Waals surface area (Å²) in [4.78, 5) is 10.5. The molecule has 0 radical (unpaired) electrons. The number of aliphatic carboxylic acids is 1. The van der Waals surface area contributed by atoms with Gasteiger partial charge in [-0.2, -0.15) is 0 Å². The van der Waals surface area contributed by atoms with Crippen LogP contribution in [0.3, 0.4) is 0 Å². The number of hydrogen-bond donors (Lipinski definition) is 3. The van der Waals surface area contributed by atoms with Crippen molar-refractivity contribution < 1.29 is 9.90 Å². The zero-order valence-electron chi connectivity index (χ0n) is 8.22. The van der Waals surface area contributed by atoms with Gasteiger partial charge in [-0.3, -0.25) is 4.79 Å². The van der Waals surface area contributed by atoms with Crippen LogP contribution in [0.25, 0.3) is 0 Å². The van der Waals surface area contributed by atoms with Gasteiger partial charge in [0.15, 0.2) is 0 Å². The van der Waals surface area contributed by atoms with Crippen molar-refractivity contribution in [1.29, 1.82) is 0 Å². The Labute approximate surface area is 114 Å². The van der Waals surface area contributed by atoms with E-state index in [0.29, 0.717) is 12.1 Å². The van der Waals surface area contributed by atoms with Crippen molar-refractivity contribution >= 4 is 52.4 Å². The lowest BCUT2D eigenvalue weighted by molar-refractivity contribution is -0.138. The number of nitrogen functional groups attached to an aromatic ring is 1. The third-order valence-electron chi connectivity index (χ3n) is 1.84. The van der Waals surface area contributed by atoms with E-state index in [1.165, 1.54) is 0 Å². The molecule has 16 heavy (non-hydrogen) atoms. The predicted molar refractivity (Wildman–Crippen MR) is 72.4 cm³/mol. The first-order chi connectivity index (χ1) is 6.50. The third-order valence-corrected chi connectivity index (χ3v) is 2.52. The van der Waals surface area contributed by atoms with Gasteiger partial charge in [-0.25, -0.2) is 0 Å². The maximum atomic E-state index is 10.5. The van der Waals surface area contributed by atoms with E-state index in [4.69, 9.17) is 16.6 Å². The topological polar surface area (TPSA) is 89.3 Å². The number of hydrogen-bond acceptors (Lipinski definition) is 3. The maximum absolute atomic E-state index is 10.5. The van der Waals surface area contributed by atoms with E-state index in [1.807, 2.05) is 0 Å². The highest BCUT2D eigenvalue weighted by molar-refractivity contribution is 9.10. The smallest absolute Gasteiger partial charge is 0.320 e. The molecule has 0 heterocycles. The molecule has 4 nitrogen and oxygen atoms in total. The number of benzene rings is 1. The normalized spacial score (nSPS) is 10.9. The van der Waals surface area contributed by atoms with E-state index in [-0.39, 0.29) is 24.8 Å². The van der Waals surface area contributed by atoms with Crippen LogP contribution in [0.15, 0.2) is 22.7 Å². The largest absolute Gasteiger partial charge is 0.480 e. The summed E-state index contributed by atoms with van der Waals surface area (Å²) in [7, 11) is 0. The van der Waals surface area contributed by atoms with Crippen LogP contribution < -0.4 is 11.5 Å². The number of carbonyl (C=O) groups is 1. The molecule has 1 atom stereocenters. The highest BCUT2D eigenvalue weighted by Crippen LogP contribution is 2.20. The first kappa shape index (κ1) is 17.9. The van der Waals surface area contributed by atoms with Gasteiger partial charge in [0.05, 0.1) is 0 Å². The lowest BCUT2D eigenvalue weighted by Gasteiger charge is -2.07. The summed E-state index contributed by atoms with van der Waals surface area (Å²) in [6.07, 6.45) is 0.300. The Kier molecular flexibility index (Phi) is 8.64. The average molecular weight is 332 g/mol. The zero-order valence-corrected chi connectivity index (χ0v) is 11.4. The summed E-state index contributed by atoms with van der Waals surface area (Å²) in [6, 6.07) is 4.39. The second-order valence-electron chi connectivity index (χ2n) is 3.00. The number of halogens is 3. The molecule has 0 saturated carbocycles.